The summed E-state index contributed by atoms with van der Waals surface area (Å²) in [4.78, 5) is 32.9. The highest BCUT2D eigenvalue weighted by molar-refractivity contribution is 5.86. The van der Waals surface area contributed by atoms with Gasteiger partial charge in [0.15, 0.2) is 0 Å². The first-order chi connectivity index (χ1) is 19.9. The molecule has 1 amide bonds. The van der Waals surface area contributed by atoms with Gasteiger partial charge in [-0.2, -0.15) is 0 Å². The average molecular weight is 560 g/mol. The lowest BCUT2D eigenvalue weighted by Crippen LogP contribution is -2.42. The average Bonchev–Trinajstić information content (AvgIpc) is 3.26. The van der Waals surface area contributed by atoms with Crippen LogP contribution in [0.4, 0.5) is 4.39 Å². The molecule has 1 fully saturated rings. The van der Waals surface area contributed by atoms with Gasteiger partial charge < -0.3 is 24.9 Å². The SMILES string of the molecule is COCCCn1c(C2CCCN(C(=O)CC(N)Cc3ccc(-c4cnc(=O)[nH]c4)cc3)C2)c(C)c2cccc(F)c21. The minimum atomic E-state index is -0.380. The van der Waals surface area contributed by atoms with Crippen LogP contribution in [0.5, 0.6) is 0 Å². The van der Waals surface area contributed by atoms with Crippen LogP contribution in [0.2, 0.25) is 0 Å². The lowest BCUT2D eigenvalue weighted by Gasteiger charge is -2.34. The first kappa shape index (κ1) is 28.7. The van der Waals surface area contributed by atoms with Crippen molar-refractivity contribution in [1.29, 1.82) is 0 Å². The topological polar surface area (TPSA) is 106 Å². The molecule has 0 spiro atoms. The van der Waals surface area contributed by atoms with Gasteiger partial charge in [-0.25, -0.2) is 14.2 Å². The number of carbonyl (C=O) groups excluding carboxylic acids is 1. The molecule has 4 aromatic rings. The summed E-state index contributed by atoms with van der Waals surface area (Å²) in [6, 6.07) is 12.9. The van der Waals surface area contributed by atoms with E-state index in [-0.39, 0.29) is 35.8 Å². The van der Waals surface area contributed by atoms with Crippen LogP contribution >= 0.6 is 0 Å². The van der Waals surface area contributed by atoms with Crippen molar-refractivity contribution in [2.45, 2.75) is 57.5 Å². The summed E-state index contributed by atoms with van der Waals surface area (Å²) in [7, 11) is 1.68. The molecule has 8 nitrogen and oxygen atoms in total. The van der Waals surface area contributed by atoms with Gasteiger partial charge in [-0.3, -0.25) is 4.79 Å². The van der Waals surface area contributed by atoms with Crippen LogP contribution in [-0.2, 0) is 22.5 Å². The molecule has 216 valence electrons. The van der Waals surface area contributed by atoms with E-state index in [2.05, 4.69) is 21.5 Å². The van der Waals surface area contributed by atoms with Crippen molar-refractivity contribution in [2.75, 3.05) is 26.8 Å². The molecule has 3 N–H and O–H groups in total. The first-order valence-electron chi connectivity index (χ1n) is 14.3. The maximum absolute atomic E-state index is 15.0. The number of hydrogen-bond donors (Lipinski definition) is 2. The molecule has 9 heteroatoms. The fourth-order valence-electron chi connectivity index (χ4n) is 6.17. The van der Waals surface area contributed by atoms with Gasteiger partial charge in [-0.1, -0.05) is 36.4 Å². The Morgan fingerprint density at radius 1 is 1.22 bits per heavy atom. The molecule has 1 aliphatic rings. The molecular weight excluding hydrogens is 521 g/mol. The van der Waals surface area contributed by atoms with Crippen LogP contribution < -0.4 is 11.4 Å². The number of aryl methyl sites for hydroxylation is 2. The third-order valence-corrected chi connectivity index (χ3v) is 8.12. The second kappa shape index (κ2) is 12.8. The highest BCUT2D eigenvalue weighted by atomic mass is 19.1. The van der Waals surface area contributed by atoms with E-state index in [1.807, 2.05) is 35.2 Å². The number of para-hydroxylation sites is 1. The number of benzene rings is 2. The molecule has 41 heavy (non-hydrogen) atoms. The Morgan fingerprint density at radius 2 is 2.02 bits per heavy atom. The Hall–Kier alpha value is -3.82. The number of ether oxygens (including phenoxy) is 1. The summed E-state index contributed by atoms with van der Waals surface area (Å²) in [5, 5.41) is 0.936. The summed E-state index contributed by atoms with van der Waals surface area (Å²) in [5.74, 6) is -0.0235. The molecule has 1 aliphatic heterocycles. The monoisotopic (exact) mass is 559 g/mol. The molecule has 0 saturated carbocycles. The molecule has 2 aromatic heterocycles. The summed E-state index contributed by atoms with van der Waals surface area (Å²) in [6.45, 7) is 4.66. The van der Waals surface area contributed by atoms with Crippen LogP contribution in [0.3, 0.4) is 0 Å². The van der Waals surface area contributed by atoms with Crippen LogP contribution in [-0.4, -0.2) is 58.2 Å². The van der Waals surface area contributed by atoms with E-state index in [0.717, 1.165) is 52.6 Å². The smallest absolute Gasteiger partial charge is 0.344 e. The number of halogens is 1. The standard InChI is InChI=1S/C32H38FN5O3/c1-21-27-7-3-8-28(33)31(27)38(14-5-15-41-2)30(21)24-6-4-13-37(20-24)29(39)17-26(34)16-22-9-11-23(12-10-22)25-18-35-32(40)36-19-25/h3,7-12,18-19,24,26H,4-6,13-17,20,34H2,1-2H3,(H,35,36,40). The zero-order valence-corrected chi connectivity index (χ0v) is 23.7. The number of likely N-dealkylation sites (tertiary alicyclic amines) is 1. The Morgan fingerprint density at radius 3 is 2.76 bits per heavy atom. The number of hydrogen-bond acceptors (Lipinski definition) is 5. The van der Waals surface area contributed by atoms with Crippen LogP contribution in [0.1, 0.15) is 48.4 Å². The van der Waals surface area contributed by atoms with Crippen molar-refractivity contribution in [3.05, 3.63) is 88.0 Å². The molecule has 0 bridgehead atoms. The van der Waals surface area contributed by atoms with E-state index in [1.165, 1.54) is 6.07 Å². The number of methoxy groups -OCH3 is 1. The number of H-pyrrole nitrogens is 1. The third kappa shape index (κ3) is 6.41. The lowest BCUT2D eigenvalue weighted by atomic mass is 9.91. The molecule has 0 aliphatic carbocycles. The summed E-state index contributed by atoms with van der Waals surface area (Å²) in [5.41, 5.74) is 11.7. The molecule has 1 saturated heterocycles. The van der Waals surface area contributed by atoms with E-state index < -0.39 is 0 Å². The van der Waals surface area contributed by atoms with E-state index in [9.17, 15) is 9.59 Å². The van der Waals surface area contributed by atoms with E-state index >= 15 is 4.39 Å². The Bertz CT molecular complexity index is 1540. The number of nitrogens with zero attached hydrogens (tertiary/aromatic N) is 3. The van der Waals surface area contributed by atoms with Crippen LogP contribution in [0.15, 0.2) is 59.7 Å². The summed E-state index contributed by atoms with van der Waals surface area (Å²) < 4.78 is 22.4. The molecule has 2 unspecified atom stereocenters. The third-order valence-electron chi connectivity index (χ3n) is 8.12. The second-order valence-electron chi connectivity index (χ2n) is 11.0. The highest BCUT2D eigenvalue weighted by Gasteiger charge is 2.30. The van der Waals surface area contributed by atoms with E-state index in [0.29, 0.717) is 38.2 Å². The summed E-state index contributed by atoms with van der Waals surface area (Å²) >= 11 is 0. The molecule has 0 radical (unpaired) electrons. The van der Waals surface area contributed by atoms with Crippen LogP contribution in [0, 0.1) is 12.7 Å². The van der Waals surface area contributed by atoms with Crippen molar-refractivity contribution in [3.63, 3.8) is 0 Å². The zero-order chi connectivity index (χ0) is 28.9. The van der Waals surface area contributed by atoms with Gasteiger partial charge in [0.2, 0.25) is 5.91 Å². The highest BCUT2D eigenvalue weighted by Crippen LogP contribution is 2.37. The Kier molecular flexibility index (Phi) is 8.95. The van der Waals surface area contributed by atoms with Gasteiger partial charge in [0, 0.05) is 80.8 Å². The fraction of sp³-hybridized carbons (Fsp3) is 0.406. The number of carbonyl (C=O) groups is 1. The van der Waals surface area contributed by atoms with Gasteiger partial charge in [-0.15, -0.1) is 0 Å². The van der Waals surface area contributed by atoms with Gasteiger partial charge in [0.05, 0.1) is 5.52 Å². The molecule has 3 heterocycles. The molecule has 2 aromatic carbocycles. The van der Waals surface area contributed by atoms with Crippen molar-refractivity contribution < 1.29 is 13.9 Å². The van der Waals surface area contributed by atoms with Gasteiger partial charge in [-0.05, 0) is 55.4 Å². The summed E-state index contributed by atoms with van der Waals surface area (Å²) in [6.07, 6.45) is 6.67. The van der Waals surface area contributed by atoms with Crippen LogP contribution in [0.25, 0.3) is 22.0 Å². The number of amides is 1. The fourth-order valence-corrected chi connectivity index (χ4v) is 6.17. The van der Waals surface area contributed by atoms with Crippen molar-refractivity contribution in [2.24, 2.45) is 5.73 Å². The normalized spacial score (nSPS) is 16.3. The minimum absolute atomic E-state index is 0.0593. The van der Waals surface area contributed by atoms with Crippen molar-refractivity contribution in [3.8, 4) is 11.1 Å². The Balaban J connectivity index is 1.26. The van der Waals surface area contributed by atoms with Crippen molar-refractivity contribution in [1.82, 2.24) is 19.4 Å². The number of nitrogens with two attached hydrogens (primary N) is 1. The predicted molar refractivity (Wildman–Crippen MR) is 158 cm³/mol. The van der Waals surface area contributed by atoms with Gasteiger partial charge >= 0.3 is 5.69 Å². The van der Waals surface area contributed by atoms with Gasteiger partial charge in [0.1, 0.15) is 5.82 Å². The number of aromatic nitrogens is 3. The number of aromatic amines is 1. The number of nitrogens with one attached hydrogen (secondary N) is 1. The zero-order valence-electron chi connectivity index (χ0n) is 23.7. The van der Waals surface area contributed by atoms with Crippen molar-refractivity contribution >= 4 is 16.8 Å². The van der Waals surface area contributed by atoms with E-state index in [4.69, 9.17) is 10.5 Å². The molecule has 5 rings (SSSR count). The number of piperidine rings is 1. The maximum atomic E-state index is 15.0. The largest absolute Gasteiger partial charge is 0.385 e. The first-order valence-corrected chi connectivity index (χ1v) is 14.3. The second-order valence-corrected chi connectivity index (χ2v) is 11.0. The Labute approximate surface area is 239 Å². The number of rotatable bonds is 10. The maximum Gasteiger partial charge on any atom is 0.344 e. The minimum Gasteiger partial charge on any atom is -0.385 e. The lowest BCUT2D eigenvalue weighted by molar-refractivity contribution is -0.132. The predicted octanol–water partition coefficient (Wildman–Crippen LogP) is 4.54. The quantitative estimate of drug-likeness (QED) is 0.278. The van der Waals surface area contributed by atoms with Gasteiger partial charge in [0.25, 0.3) is 0 Å². The molecule has 2 atom stereocenters. The van der Waals surface area contributed by atoms with E-state index in [1.54, 1.807) is 25.6 Å². The number of fused-ring (bicyclic) bond motifs is 1. The molecular formula is C32H38FN5O3.